The van der Waals surface area contributed by atoms with Crippen molar-refractivity contribution in [3.63, 3.8) is 0 Å². The Kier molecular flexibility index (Phi) is 6.38. The van der Waals surface area contributed by atoms with Crippen molar-refractivity contribution in [1.29, 1.82) is 0 Å². The van der Waals surface area contributed by atoms with Crippen LogP contribution in [0.15, 0.2) is 24.3 Å². The van der Waals surface area contributed by atoms with Gasteiger partial charge in [-0.3, -0.25) is 0 Å². The fourth-order valence-corrected chi connectivity index (χ4v) is 1.77. The molecule has 3 heteroatoms. The minimum Gasteiger partial charge on any atom is -0.384 e. The van der Waals surface area contributed by atoms with Gasteiger partial charge in [-0.25, -0.2) is 0 Å². The molecule has 0 fully saturated rings. The zero-order valence-corrected chi connectivity index (χ0v) is 11.8. The van der Waals surface area contributed by atoms with Gasteiger partial charge in [-0.05, 0) is 44.1 Å². The van der Waals surface area contributed by atoms with Crippen LogP contribution in [0.25, 0.3) is 0 Å². The summed E-state index contributed by atoms with van der Waals surface area (Å²) in [6.45, 7) is 7.69. The van der Waals surface area contributed by atoms with Gasteiger partial charge in [0.1, 0.15) is 0 Å². The Morgan fingerprint density at radius 3 is 2.71 bits per heavy atom. The first-order chi connectivity index (χ1) is 8.08. The maximum Gasteiger partial charge on any atom is 0.0426 e. The molecule has 0 aliphatic rings. The lowest BCUT2D eigenvalue weighted by Gasteiger charge is -2.18. The number of likely N-dealkylation sites (N-methyl/N-ethyl adjacent to an activating group) is 1. The first-order valence-electron chi connectivity index (χ1n) is 6.26. The van der Waals surface area contributed by atoms with E-state index in [2.05, 4.69) is 31.1 Å². The minimum absolute atomic E-state index is 0.776. The Hall–Kier alpha value is -0.730. The zero-order valence-electron chi connectivity index (χ0n) is 11.0. The highest BCUT2D eigenvalue weighted by Gasteiger charge is 2.00. The van der Waals surface area contributed by atoms with Crippen LogP contribution in [-0.2, 0) is 0 Å². The van der Waals surface area contributed by atoms with Crippen LogP contribution in [-0.4, -0.2) is 31.6 Å². The summed E-state index contributed by atoms with van der Waals surface area (Å²) in [5.74, 6) is 0.776. The molecule has 0 atom stereocenters. The Balaban J connectivity index is 2.19. The quantitative estimate of drug-likeness (QED) is 0.798. The second-order valence-electron chi connectivity index (χ2n) is 4.92. The Morgan fingerprint density at radius 1 is 1.29 bits per heavy atom. The van der Waals surface area contributed by atoms with E-state index in [0.29, 0.717) is 0 Å². The number of halogens is 1. The first-order valence-corrected chi connectivity index (χ1v) is 6.63. The van der Waals surface area contributed by atoms with Crippen molar-refractivity contribution in [3.05, 3.63) is 29.3 Å². The lowest BCUT2D eigenvalue weighted by molar-refractivity contribution is 0.321. The fourth-order valence-electron chi connectivity index (χ4n) is 1.58. The molecule has 0 amide bonds. The molecule has 0 aromatic heterocycles. The van der Waals surface area contributed by atoms with Gasteiger partial charge in [-0.2, -0.15) is 0 Å². The molecule has 0 spiro atoms. The maximum absolute atomic E-state index is 5.92. The fraction of sp³-hybridized carbons (Fsp3) is 0.571. The van der Waals surface area contributed by atoms with Crippen LogP contribution >= 0.6 is 11.6 Å². The average Bonchev–Trinajstić information content (AvgIpc) is 2.26. The molecule has 1 N–H and O–H groups in total. The second kappa shape index (κ2) is 7.57. The van der Waals surface area contributed by atoms with Gasteiger partial charge in [0.15, 0.2) is 0 Å². The van der Waals surface area contributed by atoms with Crippen molar-refractivity contribution in [2.24, 2.45) is 5.92 Å². The molecule has 0 heterocycles. The Labute approximate surface area is 110 Å². The highest BCUT2D eigenvalue weighted by molar-refractivity contribution is 6.30. The molecular formula is C14H23ClN2. The van der Waals surface area contributed by atoms with E-state index in [4.69, 9.17) is 11.6 Å². The molecule has 0 radical (unpaired) electrons. The van der Waals surface area contributed by atoms with E-state index >= 15 is 0 Å². The molecule has 0 unspecified atom stereocenters. The topological polar surface area (TPSA) is 15.3 Å². The summed E-state index contributed by atoms with van der Waals surface area (Å²) in [5.41, 5.74) is 1.09. The van der Waals surface area contributed by atoms with Crippen molar-refractivity contribution in [2.45, 2.75) is 20.3 Å². The average molecular weight is 255 g/mol. The molecule has 0 saturated carbocycles. The van der Waals surface area contributed by atoms with Crippen LogP contribution in [0.4, 0.5) is 5.69 Å². The van der Waals surface area contributed by atoms with E-state index in [9.17, 15) is 0 Å². The molecular weight excluding hydrogens is 232 g/mol. The molecule has 1 rings (SSSR count). The van der Waals surface area contributed by atoms with Gasteiger partial charge in [-0.15, -0.1) is 0 Å². The zero-order chi connectivity index (χ0) is 12.7. The van der Waals surface area contributed by atoms with Crippen LogP contribution in [0.1, 0.15) is 20.3 Å². The lowest BCUT2D eigenvalue weighted by Crippen LogP contribution is -2.26. The smallest absolute Gasteiger partial charge is 0.0426 e. The van der Waals surface area contributed by atoms with Crippen LogP contribution < -0.4 is 5.32 Å². The van der Waals surface area contributed by atoms with Crippen LogP contribution in [0.3, 0.4) is 0 Å². The van der Waals surface area contributed by atoms with Crippen LogP contribution in [0.5, 0.6) is 0 Å². The summed E-state index contributed by atoms with van der Waals surface area (Å²) < 4.78 is 0. The largest absolute Gasteiger partial charge is 0.384 e. The van der Waals surface area contributed by atoms with Gasteiger partial charge in [0.25, 0.3) is 0 Å². The third kappa shape index (κ3) is 6.54. The highest BCUT2D eigenvalue weighted by atomic mass is 35.5. The van der Waals surface area contributed by atoms with Gasteiger partial charge in [0, 0.05) is 23.8 Å². The van der Waals surface area contributed by atoms with E-state index in [1.807, 2.05) is 24.3 Å². The molecule has 0 saturated heterocycles. The molecule has 1 aromatic rings. The van der Waals surface area contributed by atoms with E-state index in [1.54, 1.807) is 0 Å². The molecule has 96 valence electrons. The first kappa shape index (κ1) is 14.3. The predicted octanol–water partition coefficient (Wildman–Crippen LogP) is 3.73. The second-order valence-corrected chi connectivity index (χ2v) is 5.36. The third-order valence-electron chi connectivity index (χ3n) is 2.74. The van der Waals surface area contributed by atoms with E-state index < -0.39 is 0 Å². The third-order valence-corrected chi connectivity index (χ3v) is 2.97. The molecule has 2 nitrogen and oxygen atoms in total. The van der Waals surface area contributed by atoms with Gasteiger partial charge in [0.2, 0.25) is 0 Å². The molecule has 1 aromatic carbocycles. The Morgan fingerprint density at radius 2 is 2.06 bits per heavy atom. The molecule has 0 aliphatic carbocycles. The number of anilines is 1. The minimum atomic E-state index is 0.776. The summed E-state index contributed by atoms with van der Waals surface area (Å²) in [7, 11) is 2.17. The van der Waals surface area contributed by atoms with Gasteiger partial charge >= 0.3 is 0 Å². The van der Waals surface area contributed by atoms with Crippen LogP contribution in [0, 0.1) is 5.92 Å². The summed E-state index contributed by atoms with van der Waals surface area (Å²) in [5, 5.41) is 4.16. The monoisotopic (exact) mass is 254 g/mol. The lowest BCUT2D eigenvalue weighted by atomic mass is 10.1. The summed E-state index contributed by atoms with van der Waals surface area (Å²) in [6, 6.07) is 7.85. The number of hydrogen-bond acceptors (Lipinski definition) is 2. The van der Waals surface area contributed by atoms with Crippen LogP contribution in [0.2, 0.25) is 5.02 Å². The van der Waals surface area contributed by atoms with Crippen molar-refractivity contribution in [2.75, 3.05) is 32.0 Å². The van der Waals surface area contributed by atoms with E-state index in [0.717, 1.165) is 36.3 Å². The SMILES string of the molecule is CC(C)CCN(C)CCNc1cccc(Cl)c1. The summed E-state index contributed by atoms with van der Waals surface area (Å²) >= 11 is 5.92. The van der Waals surface area contributed by atoms with Crippen molar-refractivity contribution in [1.82, 2.24) is 4.90 Å². The summed E-state index contributed by atoms with van der Waals surface area (Å²) in [4.78, 5) is 2.36. The Bertz CT molecular complexity index is 326. The van der Waals surface area contributed by atoms with Gasteiger partial charge in [-0.1, -0.05) is 31.5 Å². The number of nitrogens with one attached hydrogen (secondary N) is 1. The normalized spacial score (nSPS) is 11.2. The molecule has 0 bridgehead atoms. The number of rotatable bonds is 7. The number of nitrogens with zero attached hydrogens (tertiary/aromatic N) is 1. The van der Waals surface area contributed by atoms with Crippen molar-refractivity contribution >= 4 is 17.3 Å². The van der Waals surface area contributed by atoms with Gasteiger partial charge in [0.05, 0.1) is 0 Å². The molecule has 0 aliphatic heterocycles. The highest BCUT2D eigenvalue weighted by Crippen LogP contribution is 2.14. The molecule has 17 heavy (non-hydrogen) atoms. The predicted molar refractivity (Wildman–Crippen MR) is 76.9 cm³/mol. The number of hydrogen-bond donors (Lipinski definition) is 1. The van der Waals surface area contributed by atoms with Crippen molar-refractivity contribution in [3.8, 4) is 0 Å². The number of benzene rings is 1. The van der Waals surface area contributed by atoms with E-state index in [1.165, 1.54) is 6.42 Å². The van der Waals surface area contributed by atoms with Gasteiger partial charge < -0.3 is 10.2 Å². The van der Waals surface area contributed by atoms with Crippen molar-refractivity contribution < 1.29 is 0 Å². The maximum atomic E-state index is 5.92. The summed E-state index contributed by atoms with van der Waals surface area (Å²) in [6.07, 6.45) is 1.26. The standard InChI is InChI=1S/C14H23ClN2/c1-12(2)7-9-17(3)10-8-16-14-6-4-5-13(15)11-14/h4-6,11-12,16H,7-10H2,1-3H3. The van der Waals surface area contributed by atoms with E-state index in [-0.39, 0.29) is 0 Å².